The van der Waals surface area contributed by atoms with Crippen molar-refractivity contribution in [3.63, 3.8) is 0 Å². The maximum absolute atomic E-state index is 12.2. The van der Waals surface area contributed by atoms with Gasteiger partial charge in [-0.3, -0.25) is 14.4 Å². The Balaban J connectivity index is 1.83. The first-order valence-corrected chi connectivity index (χ1v) is 6.33. The van der Waals surface area contributed by atoms with Crippen LogP contribution in [0, 0.1) is 11.8 Å². The van der Waals surface area contributed by atoms with Crippen molar-refractivity contribution in [2.45, 2.75) is 25.7 Å². The van der Waals surface area contributed by atoms with Gasteiger partial charge in [-0.25, -0.2) is 0 Å². The van der Waals surface area contributed by atoms with E-state index in [0.29, 0.717) is 32.5 Å². The van der Waals surface area contributed by atoms with E-state index in [9.17, 15) is 14.4 Å². The summed E-state index contributed by atoms with van der Waals surface area (Å²) in [5.41, 5.74) is 0. The highest BCUT2D eigenvalue weighted by molar-refractivity contribution is 5.84. The first kappa shape index (κ1) is 12.9. The molecule has 2 fully saturated rings. The van der Waals surface area contributed by atoms with Gasteiger partial charge in [-0.2, -0.15) is 0 Å². The molecule has 0 radical (unpaired) electrons. The number of likely N-dealkylation sites (tertiary alicyclic amines) is 1. The molecule has 100 valence electrons. The maximum atomic E-state index is 12.2. The van der Waals surface area contributed by atoms with E-state index in [1.807, 2.05) is 0 Å². The molecule has 2 aliphatic rings. The Bertz CT molecular complexity index is 359. The van der Waals surface area contributed by atoms with Gasteiger partial charge in [-0.05, 0) is 18.8 Å². The van der Waals surface area contributed by atoms with E-state index >= 15 is 0 Å². The van der Waals surface area contributed by atoms with Gasteiger partial charge >= 0.3 is 5.97 Å². The minimum Gasteiger partial charge on any atom is -0.481 e. The molecule has 0 bridgehead atoms. The number of nitrogens with one attached hydrogen (secondary N) is 1. The van der Waals surface area contributed by atoms with Gasteiger partial charge in [-0.1, -0.05) is 0 Å². The average molecular weight is 254 g/mol. The molecule has 0 aliphatic carbocycles. The fourth-order valence-corrected chi connectivity index (χ4v) is 2.65. The predicted molar refractivity (Wildman–Crippen MR) is 62.7 cm³/mol. The van der Waals surface area contributed by atoms with Crippen LogP contribution in [0.15, 0.2) is 0 Å². The number of carboxylic acids is 1. The SMILES string of the molecule is O=C(O)CC1CCN(C(=O)C2CCC(=O)NC2)C1. The Morgan fingerprint density at radius 2 is 2.17 bits per heavy atom. The van der Waals surface area contributed by atoms with E-state index in [-0.39, 0.29) is 30.1 Å². The molecule has 0 saturated carbocycles. The minimum atomic E-state index is -0.806. The minimum absolute atomic E-state index is 0.00391. The zero-order valence-electron chi connectivity index (χ0n) is 10.2. The van der Waals surface area contributed by atoms with Crippen molar-refractivity contribution in [3.05, 3.63) is 0 Å². The van der Waals surface area contributed by atoms with Gasteiger partial charge in [0.05, 0.1) is 5.92 Å². The number of carbonyl (C=O) groups is 3. The van der Waals surface area contributed by atoms with Crippen molar-refractivity contribution in [1.29, 1.82) is 0 Å². The van der Waals surface area contributed by atoms with Gasteiger partial charge in [0.15, 0.2) is 0 Å². The highest BCUT2D eigenvalue weighted by atomic mass is 16.4. The van der Waals surface area contributed by atoms with Gasteiger partial charge in [0.1, 0.15) is 0 Å². The molecule has 0 spiro atoms. The van der Waals surface area contributed by atoms with Crippen molar-refractivity contribution in [3.8, 4) is 0 Å². The second-order valence-electron chi connectivity index (χ2n) is 5.08. The van der Waals surface area contributed by atoms with Crippen LogP contribution in [-0.2, 0) is 14.4 Å². The van der Waals surface area contributed by atoms with E-state index < -0.39 is 5.97 Å². The quantitative estimate of drug-likeness (QED) is 0.732. The summed E-state index contributed by atoms with van der Waals surface area (Å²) in [6, 6.07) is 0. The lowest BCUT2D eigenvalue weighted by Gasteiger charge is -2.26. The van der Waals surface area contributed by atoms with Crippen molar-refractivity contribution >= 4 is 17.8 Å². The number of carbonyl (C=O) groups excluding carboxylic acids is 2. The summed E-state index contributed by atoms with van der Waals surface area (Å²) in [7, 11) is 0. The first-order valence-electron chi connectivity index (χ1n) is 6.33. The van der Waals surface area contributed by atoms with Crippen LogP contribution < -0.4 is 5.32 Å². The molecule has 2 atom stereocenters. The van der Waals surface area contributed by atoms with Crippen molar-refractivity contribution < 1.29 is 19.5 Å². The van der Waals surface area contributed by atoms with Gasteiger partial charge in [0.2, 0.25) is 11.8 Å². The molecule has 2 saturated heterocycles. The van der Waals surface area contributed by atoms with Crippen LogP contribution in [0.1, 0.15) is 25.7 Å². The highest BCUT2D eigenvalue weighted by Gasteiger charge is 2.33. The zero-order valence-corrected chi connectivity index (χ0v) is 10.2. The normalized spacial score (nSPS) is 28.0. The first-order chi connectivity index (χ1) is 8.56. The van der Waals surface area contributed by atoms with Crippen molar-refractivity contribution in [2.75, 3.05) is 19.6 Å². The average Bonchev–Trinajstić information content (AvgIpc) is 2.76. The number of rotatable bonds is 3. The summed E-state index contributed by atoms with van der Waals surface area (Å²) in [6.07, 6.45) is 1.90. The molecule has 0 aromatic carbocycles. The Morgan fingerprint density at radius 1 is 1.39 bits per heavy atom. The van der Waals surface area contributed by atoms with E-state index in [4.69, 9.17) is 5.11 Å². The molecule has 6 nitrogen and oxygen atoms in total. The van der Waals surface area contributed by atoms with Crippen LogP contribution in [-0.4, -0.2) is 47.4 Å². The fourth-order valence-electron chi connectivity index (χ4n) is 2.65. The predicted octanol–water partition coefficient (Wildman–Crippen LogP) is -0.164. The standard InChI is InChI=1S/C12H18N2O4/c15-10-2-1-9(6-13-10)12(18)14-4-3-8(7-14)5-11(16)17/h8-9H,1-7H2,(H,13,15)(H,16,17). The molecule has 6 heteroatoms. The number of amides is 2. The number of piperidine rings is 1. The third kappa shape index (κ3) is 3.00. The molecule has 2 N–H and O–H groups in total. The largest absolute Gasteiger partial charge is 0.481 e. The molecule has 0 aromatic heterocycles. The molecule has 2 rings (SSSR count). The summed E-state index contributed by atoms with van der Waals surface area (Å²) < 4.78 is 0. The number of aliphatic carboxylic acids is 1. The number of hydrogen-bond acceptors (Lipinski definition) is 3. The van der Waals surface area contributed by atoms with Gasteiger partial charge in [0, 0.05) is 32.5 Å². The zero-order chi connectivity index (χ0) is 13.1. The van der Waals surface area contributed by atoms with E-state index in [1.165, 1.54) is 0 Å². The van der Waals surface area contributed by atoms with Gasteiger partial charge < -0.3 is 15.3 Å². The third-order valence-corrected chi connectivity index (χ3v) is 3.68. The summed E-state index contributed by atoms with van der Waals surface area (Å²) >= 11 is 0. The van der Waals surface area contributed by atoms with Crippen LogP contribution in [0.25, 0.3) is 0 Å². The van der Waals surface area contributed by atoms with Gasteiger partial charge in [0.25, 0.3) is 0 Å². The lowest BCUT2D eigenvalue weighted by atomic mass is 9.98. The summed E-state index contributed by atoms with van der Waals surface area (Å²) in [4.78, 5) is 35.6. The molecule has 18 heavy (non-hydrogen) atoms. The second kappa shape index (κ2) is 5.37. The fraction of sp³-hybridized carbons (Fsp3) is 0.750. The van der Waals surface area contributed by atoms with Crippen LogP contribution in [0.3, 0.4) is 0 Å². The Kier molecular flexibility index (Phi) is 3.84. The highest BCUT2D eigenvalue weighted by Crippen LogP contribution is 2.23. The number of hydrogen-bond donors (Lipinski definition) is 2. The Hall–Kier alpha value is -1.59. The molecule has 2 aliphatic heterocycles. The lowest BCUT2D eigenvalue weighted by Crippen LogP contribution is -2.44. The van der Waals surface area contributed by atoms with Crippen LogP contribution >= 0.6 is 0 Å². The monoisotopic (exact) mass is 254 g/mol. The Labute approximate surface area is 105 Å². The molecular weight excluding hydrogens is 236 g/mol. The maximum Gasteiger partial charge on any atom is 0.303 e. The third-order valence-electron chi connectivity index (χ3n) is 3.68. The Morgan fingerprint density at radius 3 is 2.78 bits per heavy atom. The number of nitrogens with zero attached hydrogens (tertiary/aromatic N) is 1. The number of carboxylic acid groups (broad SMARTS) is 1. The van der Waals surface area contributed by atoms with Crippen LogP contribution in [0.4, 0.5) is 0 Å². The summed E-state index contributed by atoms with van der Waals surface area (Å²) in [5.74, 6) is -0.803. The topological polar surface area (TPSA) is 86.7 Å². The lowest BCUT2D eigenvalue weighted by molar-refractivity contribution is -0.139. The van der Waals surface area contributed by atoms with Gasteiger partial charge in [-0.15, -0.1) is 0 Å². The van der Waals surface area contributed by atoms with Crippen molar-refractivity contribution in [1.82, 2.24) is 10.2 Å². The molecular formula is C12H18N2O4. The second-order valence-corrected chi connectivity index (χ2v) is 5.08. The van der Waals surface area contributed by atoms with E-state index in [2.05, 4.69) is 5.32 Å². The van der Waals surface area contributed by atoms with Crippen molar-refractivity contribution in [2.24, 2.45) is 11.8 Å². The molecule has 0 aromatic rings. The summed E-state index contributed by atoms with van der Waals surface area (Å²) in [6.45, 7) is 1.59. The molecule has 2 heterocycles. The smallest absolute Gasteiger partial charge is 0.303 e. The molecule has 2 unspecified atom stereocenters. The molecule has 2 amide bonds. The van der Waals surface area contributed by atoms with Crippen LogP contribution in [0.5, 0.6) is 0 Å². The van der Waals surface area contributed by atoms with E-state index in [0.717, 1.165) is 6.42 Å². The van der Waals surface area contributed by atoms with Crippen LogP contribution in [0.2, 0.25) is 0 Å². The summed E-state index contributed by atoms with van der Waals surface area (Å²) in [5, 5.41) is 11.4. The van der Waals surface area contributed by atoms with E-state index in [1.54, 1.807) is 4.90 Å².